The van der Waals surface area contributed by atoms with Crippen molar-refractivity contribution in [2.24, 2.45) is 5.92 Å². The lowest BCUT2D eigenvalue weighted by atomic mass is 9.88. The Kier molecular flexibility index (Phi) is 6.04. The van der Waals surface area contributed by atoms with Crippen molar-refractivity contribution < 1.29 is 15.0 Å². The van der Waals surface area contributed by atoms with Gasteiger partial charge in [-0.1, -0.05) is 38.1 Å². The van der Waals surface area contributed by atoms with Crippen molar-refractivity contribution >= 4 is 5.91 Å². The fraction of sp³-hybridized carbons (Fsp3) is 0.435. The molecule has 1 aliphatic rings. The van der Waals surface area contributed by atoms with Gasteiger partial charge >= 0.3 is 0 Å². The molecule has 0 saturated carbocycles. The smallest absolute Gasteiger partial charge is 0.223 e. The van der Waals surface area contributed by atoms with Gasteiger partial charge in [0.25, 0.3) is 0 Å². The maximum atomic E-state index is 12.7. The molecule has 1 aliphatic carbocycles. The number of carbonyl (C=O) groups excluding carboxylic acids is 1. The van der Waals surface area contributed by atoms with Crippen molar-refractivity contribution in [3.8, 4) is 11.5 Å². The van der Waals surface area contributed by atoms with Crippen LogP contribution in [0, 0.1) is 5.92 Å². The number of phenolic OH excluding ortho intramolecular Hbond substituents is 2. The molecule has 0 spiro atoms. The number of amides is 1. The Labute approximate surface area is 161 Å². The van der Waals surface area contributed by atoms with Crippen molar-refractivity contribution in [3.05, 3.63) is 58.7 Å². The molecule has 0 aliphatic heterocycles. The second-order valence-electron chi connectivity index (χ2n) is 7.63. The van der Waals surface area contributed by atoms with Crippen LogP contribution in [0.3, 0.4) is 0 Å². The molecule has 2 aromatic carbocycles. The monoisotopic (exact) mass is 367 g/mol. The average molecular weight is 367 g/mol. The number of aryl methyl sites for hydroxylation is 2. The molecule has 0 saturated heterocycles. The highest BCUT2D eigenvalue weighted by atomic mass is 16.3. The van der Waals surface area contributed by atoms with Gasteiger partial charge in [-0.25, -0.2) is 0 Å². The van der Waals surface area contributed by atoms with Gasteiger partial charge in [0.2, 0.25) is 5.91 Å². The Balaban J connectivity index is 1.66. The van der Waals surface area contributed by atoms with E-state index in [1.165, 1.54) is 41.7 Å². The number of rotatable bonds is 6. The molecule has 0 bridgehead atoms. The zero-order valence-electron chi connectivity index (χ0n) is 16.2. The molecule has 0 heterocycles. The van der Waals surface area contributed by atoms with Crippen LogP contribution in [-0.2, 0) is 24.1 Å². The number of benzene rings is 2. The van der Waals surface area contributed by atoms with E-state index in [0.717, 1.165) is 24.8 Å². The highest BCUT2D eigenvalue weighted by Crippen LogP contribution is 2.28. The van der Waals surface area contributed by atoms with Crippen LogP contribution in [0.15, 0.2) is 36.4 Å². The predicted molar refractivity (Wildman–Crippen MR) is 107 cm³/mol. The second kappa shape index (κ2) is 8.47. The van der Waals surface area contributed by atoms with Crippen LogP contribution in [-0.4, -0.2) is 16.1 Å². The summed E-state index contributed by atoms with van der Waals surface area (Å²) in [5.41, 5.74) is 4.89. The number of aromatic hydroxyl groups is 2. The third-order valence-electron chi connectivity index (χ3n) is 5.53. The summed E-state index contributed by atoms with van der Waals surface area (Å²) in [5, 5.41) is 22.2. The van der Waals surface area contributed by atoms with Gasteiger partial charge in [0, 0.05) is 5.92 Å². The summed E-state index contributed by atoms with van der Waals surface area (Å²) in [6, 6.07) is 11.4. The molecule has 0 radical (unpaired) electrons. The summed E-state index contributed by atoms with van der Waals surface area (Å²) in [4.78, 5) is 12.7. The number of carbonyl (C=O) groups is 1. The fourth-order valence-electron chi connectivity index (χ4n) is 3.85. The van der Waals surface area contributed by atoms with Crippen molar-refractivity contribution in [1.82, 2.24) is 5.32 Å². The van der Waals surface area contributed by atoms with E-state index in [1.54, 1.807) is 6.07 Å². The lowest BCUT2D eigenvalue weighted by Crippen LogP contribution is -2.33. The van der Waals surface area contributed by atoms with Crippen LogP contribution in [0.2, 0.25) is 0 Å². The van der Waals surface area contributed by atoms with E-state index < -0.39 is 0 Å². The molecule has 4 nitrogen and oxygen atoms in total. The van der Waals surface area contributed by atoms with Gasteiger partial charge in [0.1, 0.15) is 0 Å². The molecule has 2 unspecified atom stereocenters. The molecular weight excluding hydrogens is 338 g/mol. The fourth-order valence-corrected chi connectivity index (χ4v) is 3.85. The summed E-state index contributed by atoms with van der Waals surface area (Å²) >= 11 is 0. The molecule has 0 fully saturated rings. The van der Waals surface area contributed by atoms with E-state index in [0.29, 0.717) is 6.42 Å². The highest BCUT2D eigenvalue weighted by Gasteiger charge is 2.20. The van der Waals surface area contributed by atoms with Crippen LogP contribution in [0.25, 0.3) is 0 Å². The summed E-state index contributed by atoms with van der Waals surface area (Å²) in [6.45, 7) is 3.98. The topological polar surface area (TPSA) is 69.6 Å². The van der Waals surface area contributed by atoms with Gasteiger partial charge in [-0.3, -0.25) is 4.79 Å². The summed E-state index contributed by atoms with van der Waals surface area (Å²) < 4.78 is 0. The zero-order valence-corrected chi connectivity index (χ0v) is 16.2. The summed E-state index contributed by atoms with van der Waals surface area (Å²) in [7, 11) is 0. The molecule has 27 heavy (non-hydrogen) atoms. The Hall–Kier alpha value is -2.49. The van der Waals surface area contributed by atoms with E-state index in [9.17, 15) is 15.0 Å². The number of fused-ring (bicyclic) bond motifs is 1. The van der Waals surface area contributed by atoms with Crippen molar-refractivity contribution in [1.29, 1.82) is 0 Å². The molecule has 1 amide bonds. The Bertz CT molecular complexity index is 815. The molecule has 3 rings (SSSR count). The standard InChI is InChI=1S/C23H29NO3/c1-3-20(19-10-9-17-6-4-5-7-18(17)14-19)24-23(27)15(2)12-16-8-11-21(25)22(26)13-16/h8-11,13-15,20,25-26H,3-7,12H2,1-2H3,(H,24,27). The van der Waals surface area contributed by atoms with Crippen molar-refractivity contribution in [2.75, 3.05) is 0 Å². The number of hydrogen-bond donors (Lipinski definition) is 3. The van der Waals surface area contributed by atoms with Crippen LogP contribution in [0.1, 0.15) is 61.4 Å². The molecular formula is C23H29NO3. The van der Waals surface area contributed by atoms with E-state index in [-0.39, 0.29) is 29.4 Å². The Morgan fingerprint density at radius 2 is 1.78 bits per heavy atom. The van der Waals surface area contributed by atoms with Crippen LogP contribution in [0.5, 0.6) is 11.5 Å². The molecule has 2 atom stereocenters. The zero-order chi connectivity index (χ0) is 19.4. The Morgan fingerprint density at radius 3 is 2.48 bits per heavy atom. The first-order chi connectivity index (χ1) is 13.0. The molecule has 3 N–H and O–H groups in total. The minimum atomic E-state index is -0.222. The minimum absolute atomic E-state index is 0.00661. The van der Waals surface area contributed by atoms with Crippen LogP contribution < -0.4 is 5.32 Å². The first-order valence-electron chi connectivity index (χ1n) is 9.91. The third-order valence-corrected chi connectivity index (χ3v) is 5.53. The second-order valence-corrected chi connectivity index (χ2v) is 7.63. The molecule has 4 heteroatoms. The van der Waals surface area contributed by atoms with Crippen LogP contribution in [0.4, 0.5) is 0 Å². The molecule has 144 valence electrons. The average Bonchev–Trinajstić information content (AvgIpc) is 2.68. The first-order valence-corrected chi connectivity index (χ1v) is 9.91. The van der Waals surface area contributed by atoms with Gasteiger partial charge in [0.05, 0.1) is 6.04 Å². The lowest BCUT2D eigenvalue weighted by Gasteiger charge is -2.23. The summed E-state index contributed by atoms with van der Waals surface area (Å²) in [6.07, 6.45) is 6.17. The maximum absolute atomic E-state index is 12.7. The predicted octanol–water partition coefficient (Wildman–Crippen LogP) is 4.42. The molecule has 2 aromatic rings. The van der Waals surface area contributed by atoms with E-state index in [4.69, 9.17) is 0 Å². The SMILES string of the molecule is CCC(NC(=O)C(C)Cc1ccc(O)c(O)c1)c1ccc2c(c1)CCCC2. The van der Waals surface area contributed by atoms with Gasteiger partial charge in [-0.15, -0.1) is 0 Å². The van der Waals surface area contributed by atoms with Gasteiger partial charge < -0.3 is 15.5 Å². The third kappa shape index (κ3) is 4.62. The number of nitrogens with one attached hydrogen (secondary N) is 1. The largest absolute Gasteiger partial charge is 0.504 e. The normalized spacial score (nSPS) is 15.6. The van der Waals surface area contributed by atoms with Crippen LogP contribution >= 0.6 is 0 Å². The quantitative estimate of drug-likeness (QED) is 0.662. The van der Waals surface area contributed by atoms with Crippen molar-refractivity contribution in [2.45, 2.75) is 58.4 Å². The van der Waals surface area contributed by atoms with Gasteiger partial charge in [0.15, 0.2) is 11.5 Å². The lowest BCUT2D eigenvalue weighted by molar-refractivity contribution is -0.125. The molecule has 0 aromatic heterocycles. The van der Waals surface area contributed by atoms with Crippen molar-refractivity contribution in [3.63, 3.8) is 0 Å². The van der Waals surface area contributed by atoms with E-state index >= 15 is 0 Å². The highest BCUT2D eigenvalue weighted by molar-refractivity contribution is 5.79. The number of phenols is 2. The van der Waals surface area contributed by atoms with Gasteiger partial charge in [-0.2, -0.15) is 0 Å². The maximum Gasteiger partial charge on any atom is 0.223 e. The Morgan fingerprint density at radius 1 is 1.04 bits per heavy atom. The van der Waals surface area contributed by atoms with E-state index in [2.05, 4.69) is 30.4 Å². The van der Waals surface area contributed by atoms with E-state index in [1.807, 2.05) is 6.92 Å². The minimum Gasteiger partial charge on any atom is -0.504 e. The van der Waals surface area contributed by atoms with Gasteiger partial charge in [-0.05, 0) is 72.9 Å². The number of hydrogen-bond acceptors (Lipinski definition) is 3. The first kappa shape index (κ1) is 19.3. The summed E-state index contributed by atoms with van der Waals surface area (Å²) in [5.74, 6) is -0.511.